The van der Waals surface area contributed by atoms with Crippen molar-refractivity contribution in [2.45, 2.75) is 34.1 Å². The summed E-state index contributed by atoms with van der Waals surface area (Å²) < 4.78 is 0. The van der Waals surface area contributed by atoms with Crippen molar-refractivity contribution < 1.29 is 9.59 Å². The SMILES string of the molecule is CC1CN(CCC(C)(C)C)C(=O)NC1=O. The minimum absolute atomic E-state index is 0.0948. The number of hydrogen-bond acceptors (Lipinski definition) is 2. The van der Waals surface area contributed by atoms with Crippen LogP contribution in [0.3, 0.4) is 0 Å². The number of rotatable bonds is 2. The Morgan fingerprint density at radius 3 is 2.53 bits per heavy atom. The summed E-state index contributed by atoms with van der Waals surface area (Å²) in [6, 6.07) is -0.248. The Morgan fingerprint density at radius 1 is 1.40 bits per heavy atom. The lowest BCUT2D eigenvalue weighted by atomic mass is 9.92. The topological polar surface area (TPSA) is 49.4 Å². The van der Waals surface area contributed by atoms with Gasteiger partial charge in [-0.05, 0) is 11.8 Å². The zero-order chi connectivity index (χ0) is 11.6. The van der Waals surface area contributed by atoms with Crippen molar-refractivity contribution in [1.29, 1.82) is 0 Å². The van der Waals surface area contributed by atoms with Crippen LogP contribution in [0.5, 0.6) is 0 Å². The zero-order valence-corrected chi connectivity index (χ0v) is 9.96. The van der Waals surface area contributed by atoms with E-state index in [2.05, 4.69) is 26.1 Å². The number of hydrogen-bond donors (Lipinski definition) is 1. The minimum Gasteiger partial charge on any atom is -0.324 e. The number of nitrogens with zero attached hydrogens (tertiary/aromatic N) is 1. The summed E-state index contributed by atoms with van der Waals surface area (Å²) in [7, 11) is 0. The van der Waals surface area contributed by atoms with Crippen LogP contribution in [0.15, 0.2) is 0 Å². The van der Waals surface area contributed by atoms with Gasteiger partial charge in [-0.15, -0.1) is 0 Å². The maximum Gasteiger partial charge on any atom is 0.324 e. The van der Waals surface area contributed by atoms with E-state index in [0.717, 1.165) is 6.42 Å². The van der Waals surface area contributed by atoms with Gasteiger partial charge in [-0.25, -0.2) is 4.79 Å². The molecule has 4 heteroatoms. The molecular formula is C11H20N2O2. The molecule has 1 aliphatic heterocycles. The van der Waals surface area contributed by atoms with Crippen molar-refractivity contribution >= 4 is 11.9 Å². The van der Waals surface area contributed by atoms with Gasteiger partial charge in [0.15, 0.2) is 0 Å². The average Bonchev–Trinajstić information content (AvgIpc) is 2.07. The highest BCUT2D eigenvalue weighted by molar-refractivity contribution is 5.97. The quantitative estimate of drug-likeness (QED) is 0.756. The summed E-state index contributed by atoms with van der Waals surface area (Å²) in [6.07, 6.45) is 0.946. The van der Waals surface area contributed by atoms with Crippen molar-refractivity contribution in [3.63, 3.8) is 0 Å². The molecule has 0 radical (unpaired) electrons. The molecule has 0 aromatic carbocycles. The van der Waals surface area contributed by atoms with Crippen molar-refractivity contribution in [2.75, 3.05) is 13.1 Å². The average molecular weight is 212 g/mol. The molecule has 86 valence electrons. The van der Waals surface area contributed by atoms with E-state index in [9.17, 15) is 9.59 Å². The molecule has 0 bridgehead atoms. The summed E-state index contributed by atoms with van der Waals surface area (Å²) >= 11 is 0. The molecule has 1 rings (SSSR count). The third kappa shape index (κ3) is 3.53. The molecule has 0 aliphatic carbocycles. The summed E-state index contributed by atoms with van der Waals surface area (Å²) in [4.78, 5) is 24.4. The van der Waals surface area contributed by atoms with Gasteiger partial charge >= 0.3 is 6.03 Å². The highest BCUT2D eigenvalue weighted by Crippen LogP contribution is 2.20. The van der Waals surface area contributed by atoms with Gasteiger partial charge in [-0.1, -0.05) is 27.7 Å². The summed E-state index contributed by atoms with van der Waals surface area (Å²) in [5.74, 6) is -0.255. The first kappa shape index (κ1) is 12.0. The smallest absolute Gasteiger partial charge is 0.324 e. The fourth-order valence-corrected chi connectivity index (χ4v) is 1.47. The molecule has 0 aromatic heterocycles. The van der Waals surface area contributed by atoms with Crippen LogP contribution in [0.2, 0.25) is 0 Å². The van der Waals surface area contributed by atoms with E-state index in [1.54, 1.807) is 4.90 Å². The first-order valence-electron chi connectivity index (χ1n) is 5.39. The third-order valence-electron chi connectivity index (χ3n) is 2.59. The largest absolute Gasteiger partial charge is 0.324 e. The number of imide groups is 1. The van der Waals surface area contributed by atoms with Gasteiger partial charge < -0.3 is 4.90 Å². The van der Waals surface area contributed by atoms with Gasteiger partial charge in [-0.3, -0.25) is 10.1 Å². The lowest BCUT2D eigenvalue weighted by Crippen LogP contribution is -2.54. The molecule has 15 heavy (non-hydrogen) atoms. The van der Waals surface area contributed by atoms with E-state index in [0.29, 0.717) is 13.1 Å². The van der Waals surface area contributed by atoms with E-state index in [1.165, 1.54) is 0 Å². The molecule has 0 saturated carbocycles. The van der Waals surface area contributed by atoms with Crippen LogP contribution in [0.4, 0.5) is 4.79 Å². The molecule has 0 spiro atoms. The maximum atomic E-state index is 11.5. The number of urea groups is 1. The maximum absolute atomic E-state index is 11.5. The van der Waals surface area contributed by atoms with E-state index in [1.807, 2.05) is 6.92 Å². The Balaban J connectivity index is 2.49. The number of nitrogens with one attached hydrogen (secondary N) is 1. The highest BCUT2D eigenvalue weighted by Gasteiger charge is 2.29. The molecular weight excluding hydrogens is 192 g/mol. The van der Waals surface area contributed by atoms with Crippen LogP contribution < -0.4 is 5.32 Å². The van der Waals surface area contributed by atoms with Crippen LogP contribution in [-0.2, 0) is 4.79 Å². The van der Waals surface area contributed by atoms with Gasteiger partial charge in [0.1, 0.15) is 0 Å². The van der Waals surface area contributed by atoms with Gasteiger partial charge in [0.2, 0.25) is 5.91 Å². The zero-order valence-electron chi connectivity index (χ0n) is 9.96. The molecule has 1 saturated heterocycles. The second kappa shape index (κ2) is 4.21. The normalized spacial score (nSPS) is 22.9. The number of carbonyl (C=O) groups is 2. The van der Waals surface area contributed by atoms with Gasteiger partial charge in [0.25, 0.3) is 0 Å². The predicted molar refractivity (Wildman–Crippen MR) is 58.3 cm³/mol. The van der Waals surface area contributed by atoms with E-state index in [4.69, 9.17) is 0 Å². The van der Waals surface area contributed by atoms with Crippen LogP contribution in [0, 0.1) is 11.3 Å². The Labute approximate surface area is 91.0 Å². The lowest BCUT2D eigenvalue weighted by Gasteiger charge is -2.32. The molecule has 3 amide bonds. The van der Waals surface area contributed by atoms with Crippen molar-refractivity contribution in [1.82, 2.24) is 10.2 Å². The van der Waals surface area contributed by atoms with Gasteiger partial charge in [-0.2, -0.15) is 0 Å². The lowest BCUT2D eigenvalue weighted by molar-refractivity contribution is -0.125. The molecule has 1 N–H and O–H groups in total. The van der Waals surface area contributed by atoms with Crippen LogP contribution in [0.25, 0.3) is 0 Å². The van der Waals surface area contributed by atoms with Crippen molar-refractivity contribution in [3.8, 4) is 0 Å². The molecule has 1 fully saturated rings. The van der Waals surface area contributed by atoms with Crippen molar-refractivity contribution in [2.24, 2.45) is 11.3 Å². The minimum atomic E-state index is -0.248. The van der Waals surface area contributed by atoms with Crippen molar-refractivity contribution in [3.05, 3.63) is 0 Å². The Bertz CT molecular complexity index is 268. The predicted octanol–water partition coefficient (Wildman–Crippen LogP) is 1.61. The van der Waals surface area contributed by atoms with Crippen LogP contribution >= 0.6 is 0 Å². The second-order valence-corrected chi connectivity index (χ2v) is 5.45. The number of amides is 3. The first-order chi connectivity index (χ1) is 6.79. The Kier molecular flexibility index (Phi) is 3.37. The summed E-state index contributed by atoms with van der Waals surface area (Å²) in [6.45, 7) is 9.52. The van der Waals surface area contributed by atoms with Crippen LogP contribution in [0.1, 0.15) is 34.1 Å². The Hall–Kier alpha value is -1.06. The van der Waals surface area contributed by atoms with E-state index >= 15 is 0 Å². The van der Waals surface area contributed by atoms with Gasteiger partial charge in [0, 0.05) is 13.1 Å². The van der Waals surface area contributed by atoms with E-state index < -0.39 is 0 Å². The fraction of sp³-hybridized carbons (Fsp3) is 0.818. The molecule has 0 aromatic rings. The molecule has 1 atom stereocenters. The third-order valence-corrected chi connectivity index (χ3v) is 2.59. The monoisotopic (exact) mass is 212 g/mol. The fourth-order valence-electron chi connectivity index (χ4n) is 1.47. The standard InChI is InChI=1S/C11H20N2O2/c1-8-7-13(6-5-11(2,3)4)10(15)12-9(8)14/h8H,5-7H2,1-4H3,(H,12,14,15). The van der Waals surface area contributed by atoms with Gasteiger partial charge in [0.05, 0.1) is 5.92 Å². The molecule has 4 nitrogen and oxygen atoms in total. The summed E-state index contributed by atoms with van der Waals surface area (Å²) in [5.41, 5.74) is 0.213. The highest BCUT2D eigenvalue weighted by atomic mass is 16.2. The number of carbonyl (C=O) groups excluding carboxylic acids is 2. The molecule has 1 unspecified atom stereocenters. The van der Waals surface area contributed by atoms with E-state index in [-0.39, 0.29) is 23.3 Å². The first-order valence-corrected chi connectivity index (χ1v) is 5.39. The Morgan fingerprint density at radius 2 is 2.00 bits per heavy atom. The molecule has 1 aliphatic rings. The van der Waals surface area contributed by atoms with Crippen LogP contribution in [-0.4, -0.2) is 29.9 Å². The molecule has 1 heterocycles. The second-order valence-electron chi connectivity index (χ2n) is 5.45. The summed E-state index contributed by atoms with van der Waals surface area (Å²) in [5, 5.41) is 2.36.